The van der Waals surface area contributed by atoms with Crippen molar-refractivity contribution < 1.29 is 48.0 Å². The van der Waals surface area contributed by atoms with Crippen LogP contribution in [0.15, 0.2) is 23.3 Å². The van der Waals surface area contributed by atoms with E-state index in [2.05, 4.69) is 25.1 Å². The Hall–Kier alpha value is -4.76. The Kier molecular flexibility index (Phi) is 26.3. The van der Waals surface area contributed by atoms with Crippen LogP contribution in [0.4, 0.5) is 0 Å². The van der Waals surface area contributed by atoms with E-state index in [0.717, 1.165) is 0 Å². The summed E-state index contributed by atoms with van der Waals surface area (Å²) in [5.41, 5.74) is 8.20. The predicted molar refractivity (Wildman–Crippen MR) is 65.2 cm³/mol. The van der Waals surface area contributed by atoms with E-state index < -0.39 is 0 Å². The second kappa shape index (κ2) is 19.6. The van der Waals surface area contributed by atoms with E-state index in [1.165, 1.54) is 12.8 Å². The first-order chi connectivity index (χ1) is 9.51. The number of hydrogen-bond acceptors (Lipinski definition) is 3. The van der Waals surface area contributed by atoms with Gasteiger partial charge < -0.3 is 46.2 Å². The molecule has 0 saturated heterocycles. The van der Waals surface area contributed by atoms with Crippen LogP contribution in [0, 0.1) is 26.3 Å². The molecule has 0 aliphatic rings. The number of nitrogens with zero attached hydrogens (tertiary/aromatic N) is 4. The van der Waals surface area contributed by atoms with E-state index in [1.54, 1.807) is 0 Å². The number of quaternary nitrogens is 1. The molecule has 2 amide bonds. The van der Waals surface area contributed by atoms with E-state index in [0.29, 0.717) is 0 Å². The summed E-state index contributed by atoms with van der Waals surface area (Å²) in [7, 11) is 0. The maximum atomic E-state index is 9.65. The molecule has 0 bridgehead atoms. The molecule has 0 aliphatic heterocycles. The van der Waals surface area contributed by atoms with Crippen molar-refractivity contribution in [2.24, 2.45) is 5.73 Å². The van der Waals surface area contributed by atoms with E-state index in [-0.39, 0.29) is 56.0 Å². The number of nitrogens with one attached hydrogen (secondary N) is 2. The Balaban J connectivity index is -0.0000000831. The molecule has 0 aromatic heterocycles. The molecule has 0 saturated carbocycles. The van der Waals surface area contributed by atoms with Gasteiger partial charge in [0.2, 0.25) is 11.6 Å². The van der Waals surface area contributed by atoms with Gasteiger partial charge in [0, 0.05) is 32.7 Å². The minimum atomic E-state index is -0.335. The number of nitrogens with two attached hydrogens (primary N) is 1. The van der Waals surface area contributed by atoms with Crippen LogP contribution in [-0.2, 0) is 42.3 Å². The van der Waals surface area contributed by atoms with Crippen LogP contribution in [0.25, 0.3) is 19.4 Å². The first-order valence-electron chi connectivity index (χ1n) is 4.34. The first kappa shape index (κ1) is 30.9. The van der Waals surface area contributed by atoms with Gasteiger partial charge in [-0.25, -0.2) is 0 Å². The van der Waals surface area contributed by atoms with Crippen LogP contribution in [0.5, 0.6) is 0 Å². The van der Waals surface area contributed by atoms with Crippen LogP contribution in [0.1, 0.15) is 0 Å². The zero-order valence-electron chi connectivity index (χ0n) is 11.9. The van der Waals surface area contributed by atoms with Gasteiger partial charge in [-0.05, 0) is 0 Å². The first-order valence-corrected chi connectivity index (χ1v) is 4.34. The fourth-order valence-corrected chi connectivity index (χ4v) is 0.516. The molecule has 0 heterocycles. The molecule has 0 unspecified atom stereocenters. The summed E-state index contributed by atoms with van der Waals surface area (Å²) in [6.07, 6.45) is 2.52. The maximum absolute atomic E-state index is 9.65. The average Bonchev–Trinajstić information content (AvgIpc) is 2.49. The van der Waals surface area contributed by atoms with Crippen LogP contribution in [-0.4, -0.2) is 12.8 Å². The van der Waals surface area contributed by atoms with Crippen LogP contribution in [0.2, 0.25) is 0 Å². The van der Waals surface area contributed by atoms with Crippen molar-refractivity contribution in [2.45, 2.75) is 0 Å². The average molecular weight is 894 g/mol. The predicted octanol–water partition coefficient (Wildman–Crippen LogP) is -1.59. The summed E-state index contributed by atoms with van der Waals surface area (Å²) < 4.78 is 0. The van der Waals surface area contributed by atoms with E-state index in [4.69, 9.17) is 32.0 Å². The molecular weight excluding hydrogens is 887 g/mol. The van der Waals surface area contributed by atoms with Gasteiger partial charge in [-0.15, -0.1) is 0 Å². The SMILES string of the molecule is [C-]#[N+]/C(N)=C(\[N+]#[C-])N[C-]=O.[C-]#[N+]/C([NH3+])=C(\[N+]#[C-])N[C-]=O.[Rf].[Rf].[Y]. The monoisotopic (exact) mass is 894 g/mol. The zero-order valence-corrected chi connectivity index (χ0v) is 27.5. The fraction of sp³-hybridized carbons (Fsp3) is 0. The Labute approximate surface area is 146 Å². The van der Waals surface area contributed by atoms with E-state index in [1.807, 2.05) is 10.6 Å². The molecule has 0 rings (SSSR count). The van der Waals surface area contributed by atoms with Crippen LogP contribution < -0.4 is 22.1 Å². The van der Waals surface area contributed by atoms with Crippen molar-refractivity contribution in [1.82, 2.24) is 10.6 Å². The molecule has 0 aromatic rings. The summed E-state index contributed by atoms with van der Waals surface area (Å²) in [6.45, 7) is 25.6. The molecule has 0 aromatic carbocycles. The van der Waals surface area contributed by atoms with Gasteiger partial charge in [0.05, 0.1) is 6.57 Å². The van der Waals surface area contributed by atoms with Gasteiger partial charge in [-0.1, -0.05) is 19.7 Å². The van der Waals surface area contributed by atoms with Crippen LogP contribution >= 0.6 is 0 Å². The van der Waals surface area contributed by atoms with Gasteiger partial charge in [-0.2, -0.15) is 4.85 Å². The summed E-state index contributed by atoms with van der Waals surface area (Å²) >= 11 is 0. The molecule has 23 heavy (non-hydrogen) atoms. The van der Waals surface area contributed by atoms with E-state index >= 15 is 0 Å². The summed E-state index contributed by atoms with van der Waals surface area (Å²) in [6, 6.07) is 0. The summed E-state index contributed by atoms with van der Waals surface area (Å²) in [5, 5.41) is 3.79. The van der Waals surface area contributed by atoms with Crippen molar-refractivity contribution in [3.8, 4) is 0 Å². The summed E-state index contributed by atoms with van der Waals surface area (Å²) in [5.74, 6) is -0.883. The molecule has 13 heteroatoms. The second-order valence-electron chi connectivity index (χ2n) is 2.43. The number of carbonyl (C=O) groups excluding carboxylic acids is 2. The Bertz CT molecular complexity index is 552. The van der Waals surface area contributed by atoms with Crippen LogP contribution in [0.3, 0.4) is 0 Å². The number of hydrogen-bond donors (Lipinski definition) is 4. The normalized spacial score (nSPS) is 8.91. The molecular formula is C10H7N8O2Rf2Y-. The van der Waals surface area contributed by atoms with Crippen molar-refractivity contribution >= 4 is 12.8 Å². The van der Waals surface area contributed by atoms with Gasteiger partial charge in [-0.3, -0.25) is 0 Å². The number of amides is 2. The molecule has 0 atom stereocenters. The molecule has 1 radical (unpaired) electrons. The molecule has 0 aliphatic carbocycles. The third-order valence-electron chi connectivity index (χ3n) is 1.33. The number of rotatable bonds is 4. The maximum Gasteiger partial charge on any atom is 0.363 e. The molecule has 7 N–H and O–H groups in total. The Morgan fingerprint density at radius 1 is 0.870 bits per heavy atom. The van der Waals surface area contributed by atoms with Gasteiger partial charge in [0.15, 0.2) is 12.8 Å². The van der Waals surface area contributed by atoms with Gasteiger partial charge in [0.1, 0.15) is 0 Å². The largest absolute Gasteiger partial charge is 0.375 e. The van der Waals surface area contributed by atoms with Gasteiger partial charge in [0.25, 0.3) is 5.82 Å². The molecule has 107 valence electrons. The van der Waals surface area contributed by atoms with Crippen molar-refractivity contribution in [1.29, 1.82) is 0 Å². The van der Waals surface area contributed by atoms with Crippen molar-refractivity contribution in [2.75, 3.05) is 0 Å². The Morgan fingerprint density at radius 3 is 1.52 bits per heavy atom. The molecule has 10 nitrogen and oxygen atoms in total. The standard InChI is InChI=1S/2C5H3N4O.2Rf.Y/c2*1-7-4(6)5(8-2)9-3-10;;;/h2*6H2,(H,9,10);;;/q2*-1;;;/p+1/b2*5-4+;;;. The van der Waals surface area contributed by atoms with Gasteiger partial charge >= 0.3 is 5.82 Å². The fourth-order valence-electron chi connectivity index (χ4n) is 0.516. The molecule has 0 fully saturated rings. The third-order valence-corrected chi connectivity index (χ3v) is 1.33. The smallest absolute Gasteiger partial charge is 0.363 e. The Morgan fingerprint density at radius 2 is 1.26 bits per heavy atom. The quantitative estimate of drug-likeness (QED) is 0.201. The minimum Gasteiger partial charge on any atom is -0.375 e. The molecule has 0 spiro atoms. The minimum absolute atomic E-state index is 0. The topological polar surface area (TPSA) is 129 Å². The zero-order chi connectivity index (χ0) is 16.0. The van der Waals surface area contributed by atoms with Crippen molar-refractivity contribution in [3.63, 3.8) is 0 Å². The van der Waals surface area contributed by atoms with E-state index in [9.17, 15) is 9.59 Å². The third kappa shape index (κ3) is 13.5. The summed E-state index contributed by atoms with van der Waals surface area (Å²) in [4.78, 5) is 30.4. The van der Waals surface area contributed by atoms with Crippen molar-refractivity contribution in [3.05, 3.63) is 69.0 Å². The second-order valence-corrected chi connectivity index (χ2v) is 2.43.